The largest absolute Gasteiger partial charge is 0.436 e. The topological polar surface area (TPSA) is 34.2 Å². The molecule has 2 rings (SSSR count). The van der Waals surface area contributed by atoms with Crippen molar-refractivity contribution < 1.29 is 13.5 Å². The second-order valence-electron chi connectivity index (χ2n) is 3.67. The van der Waals surface area contributed by atoms with Gasteiger partial charge in [0.1, 0.15) is 5.82 Å². The zero-order valence-electron chi connectivity index (χ0n) is 9.78. The maximum Gasteiger partial charge on any atom is 0.223 e. The van der Waals surface area contributed by atoms with Gasteiger partial charge in [0.05, 0.1) is 0 Å². The third-order valence-corrected chi connectivity index (χ3v) is 2.32. The summed E-state index contributed by atoms with van der Waals surface area (Å²) in [4.78, 5) is 4.03. The predicted molar refractivity (Wildman–Crippen MR) is 63.4 cm³/mol. The molecule has 0 aliphatic rings. The van der Waals surface area contributed by atoms with Gasteiger partial charge in [-0.15, -0.1) is 0 Å². The van der Waals surface area contributed by atoms with Crippen LogP contribution in [0.15, 0.2) is 36.5 Å². The van der Waals surface area contributed by atoms with Crippen molar-refractivity contribution in [2.45, 2.75) is 6.54 Å². The lowest BCUT2D eigenvalue weighted by Crippen LogP contribution is -2.07. The van der Waals surface area contributed by atoms with Crippen LogP contribution in [0.1, 0.15) is 5.56 Å². The van der Waals surface area contributed by atoms with Crippen molar-refractivity contribution in [3.63, 3.8) is 0 Å². The monoisotopic (exact) mass is 250 g/mol. The van der Waals surface area contributed by atoms with Gasteiger partial charge in [-0.2, -0.15) is 0 Å². The third kappa shape index (κ3) is 2.81. The van der Waals surface area contributed by atoms with E-state index in [2.05, 4.69) is 10.3 Å². The molecule has 0 unspecified atom stereocenters. The van der Waals surface area contributed by atoms with Gasteiger partial charge in [0.25, 0.3) is 0 Å². The number of nitrogens with one attached hydrogen (secondary N) is 1. The Kier molecular flexibility index (Phi) is 3.84. The van der Waals surface area contributed by atoms with E-state index in [-0.39, 0.29) is 5.75 Å². The number of benzene rings is 1. The van der Waals surface area contributed by atoms with Crippen LogP contribution in [0.25, 0.3) is 0 Å². The highest BCUT2D eigenvalue weighted by molar-refractivity contribution is 5.33. The zero-order valence-corrected chi connectivity index (χ0v) is 9.78. The maximum atomic E-state index is 13.4. The van der Waals surface area contributed by atoms with Crippen LogP contribution in [0.4, 0.5) is 8.78 Å². The fourth-order valence-electron chi connectivity index (χ4n) is 1.50. The van der Waals surface area contributed by atoms with Gasteiger partial charge in [0.2, 0.25) is 5.88 Å². The Balaban J connectivity index is 2.28. The molecule has 0 saturated heterocycles. The Morgan fingerprint density at radius 3 is 2.83 bits per heavy atom. The molecule has 1 heterocycles. The molecule has 0 bridgehead atoms. The highest BCUT2D eigenvalue weighted by Gasteiger charge is 2.09. The smallest absolute Gasteiger partial charge is 0.223 e. The fourth-order valence-corrected chi connectivity index (χ4v) is 1.50. The molecule has 0 saturated carbocycles. The van der Waals surface area contributed by atoms with Gasteiger partial charge in [-0.1, -0.05) is 6.07 Å². The molecule has 0 aliphatic heterocycles. The van der Waals surface area contributed by atoms with Crippen LogP contribution >= 0.6 is 0 Å². The molecule has 1 N–H and O–H groups in total. The summed E-state index contributed by atoms with van der Waals surface area (Å²) in [7, 11) is 1.79. The summed E-state index contributed by atoms with van der Waals surface area (Å²) in [6.45, 7) is 0.548. The molecule has 2 aromatic rings. The van der Waals surface area contributed by atoms with Crippen LogP contribution in [0.2, 0.25) is 0 Å². The minimum absolute atomic E-state index is 0.0487. The quantitative estimate of drug-likeness (QED) is 0.906. The Morgan fingerprint density at radius 2 is 2.11 bits per heavy atom. The van der Waals surface area contributed by atoms with Crippen molar-refractivity contribution in [1.82, 2.24) is 10.3 Å². The molecule has 1 aromatic carbocycles. The van der Waals surface area contributed by atoms with Crippen LogP contribution in [-0.2, 0) is 6.54 Å². The maximum absolute atomic E-state index is 13.4. The van der Waals surface area contributed by atoms with Gasteiger partial charge < -0.3 is 10.1 Å². The molecule has 0 spiro atoms. The number of pyridine rings is 1. The first-order valence-corrected chi connectivity index (χ1v) is 5.42. The molecule has 0 fully saturated rings. The lowest BCUT2D eigenvalue weighted by atomic mass is 10.2. The lowest BCUT2D eigenvalue weighted by Gasteiger charge is -2.09. The summed E-state index contributed by atoms with van der Waals surface area (Å²) in [6.07, 6.45) is 1.55. The van der Waals surface area contributed by atoms with Crippen molar-refractivity contribution >= 4 is 0 Å². The first-order chi connectivity index (χ1) is 8.70. The lowest BCUT2D eigenvalue weighted by molar-refractivity contribution is 0.418. The SMILES string of the molecule is CNCc1cccnc1Oc1ccc(F)cc1F. The van der Waals surface area contributed by atoms with Gasteiger partial charge in [-0.25, -0.2) is 13.8 Å². The summed E-state index contributed by atoms with van der Waals surface area (Å²) in [6, 6.07) is 6.73. The van der Waals surface area contributed by atoms with E-state index in [0.717, 1.165) is 17.7 Å². The summed E-state index contributed by atoms with van der Waals surface area (Å²) in [5.74, 6) is -1.14. The minimum atomic E-state index is -0.754. The molecular weight excluding hydrogens is 238 g/mol. The molecule has 0 radical (unpaired) electrons. The van der Waals surface area contributed by atoms with Crippen molar-refractivity contribution in [2.75, 3.05) is 7.05 Å². The summed E-state index contributed by atoms with van der Waals surface area (Å²) in [5, 5.41) is 2.96. The van der Waals surface area contributed by atoms with Crippen LogP contribution in [0.3, 0.4) is 0 Å². The molecule has 1 aromatic heterocycles. The predicted octanol–water partition coefficient (Wildman–Crippen LogP) is 2.87. The normalized spacial score (nSPS) is 10.4. The minimum Gasteiger partial charge on any atom is -0.436 e. The van der Waals surface area contributed by atoms with Gasteiger partial charge >= 0.3 is 0 Å². The molecule has 0 atom stereocenters. The molecule has 94 valence electrons. The van der Waals surface area contributed by atoms with Crippen LogP contribution < -0.4 is 10.1 Å². The first-order valence-electron chi connectivity index (χ1n) is 5.42. The highest BCUT2D eigenvalue weighted by atomic mass is 19.1. The van der Waals surface area contributed by atoms with E-state index < -0.39 is 11.6 Å². The van der Waals surface area contributed by atoms with Crippen molar-refractivity contribution in [3.8, 4) is 11.6 Å². The molecular formula is C13H12F2N2O. The number of nitrogens with zero attached hydrogens (tertiary/aromatic N) is 1. The summed E-state index contributed by atoms with van der Waals surface area (Å²) >= 11 is 0. The average Bonchev–Trinajstić information content (AvgIpc) is 2.35. The molecule has 0 amide bonds. The third-order valence-electron chi connectivity index (χ3n) is 2.32. The average molecular weight is 250 g/mol. The Labute approximate surface area is 103 Å². The van der Waals surface area contributed by atoms with Gasteiger partial charge in [-0.05, 0) is 25.2 Å². The summed E-state index contributed by atoms with van der Waals surface area (Å²) < 4.78 is 31.6. The van der Waals surface area contributed by atoms with Crippen LogP contribution in [0, 0.1) is 11.6 Å². The highest BCUT2D eigenvalue weighted by Crippen LogP contribution is 2.25. The van der Waals surface area contributed by atoms with E-state index in [4.69, 9.17) is 4.74 Å². The van der Waals surface area contributed by atoms with Crippen LogP contribution in [-0.4, -0.2) is 12.0 Å². The van der Waals surface area contributed by atoms with Gasteiger partial charge in [0.15, 0.2) is 11.6 Å². The first kappa shape index (κ1) is 12.4. The molecule has 0 aliphatic carbocycles. The Morgan fingerprint density at radius 1 is 1.28 bits per heavy atom. The Hall–Kier alpha value is -2.01. The van der Waals surface area contributed by atoms with E-state index >= 15 is 0 Å². The van der Waals surface area contributed by atoms with Gasteiger partial charge in [0, 0.05) is 24.4 Å². The number of aromatic nitrogens is 1. The number of ether oxygens (including phenoxy) is 1. The molecule has 3 nitrogen and oxygen atoms in total. The fraction of sp³-hybridized carbons (Fsp3) is 0.154. The van der Waals surface area contributed by atoms with E-state index in [1.54, 1.807) is 19.3 Å². The number of hydrogen-bond acceptors (Lipinski definition) is 3. The molecule has 18 heavy (non-hydrogen) atoms. The van der Waals surface area contributed by atoms with Crippen molar-refractivity contribution in [2.24, 2.45) is 0 Å². The van der Waals surface area contributed by atoms with E-state index in [1.165, 1.54) is 6.07 Å². The second kappa shape index (κ2) is 5.55. The van der Waals surface area contributed by atoms with E-state index in [0.29, 0.717) is 12.4 Å². The molecule has 5 heteroatoms. The summed E-state index contributed by atoms with van der Waals surface area (Å²) in [5.41, 5.74) is 0.795. The van der Waals surface area contributed by atoms with Crippen molar-refractivity contribution in [3.05, 3.63) is 53.7 Å². The van der Waals surface area contributed by atoms with Crippen LogP contribution in [0.5, 0.6) is 11.6 Å². The number of rotatable bonds is 4. The number of halogens is 2. The van der Waals surface area contributed by atoms with Crippen molar-refractivity contribution in [1.29, 1.82) is 0 Å². The second-order valence-corrected chi connectivity index (χ2v) is 3.67. The van der Waals surface area contributed by atoms with E-state index in [1.807, 2.05) is 6.07 Å². The Bertz CT molecular complexity index is 546. The zero-order chi connectivity index (χ0) is 13.0. The number of hydrogen-bond donors (Lipinski definition) is 1. The standard InChI is InChI=1S/C13H12F2N2O/c1-16-8-9-3-2-6-17-13(9)18-12-5-4-10(14)7-11(12)15/h2-7,16H,8H2,1H3. The van der Waals surface area contributed by atoms with Gasteiger partial charge in [-0.3, -0.25) is 0 Å². The van der Waals surface area contributed by atoms with E-state index in [9.17, 15) is 8.78 Å².